The molecule has 0 bridgehead atoms. The van der Waals surface area contributed by atoms with Gasteiger partial charge >= 0.3 is 0 Å². The highest BCUT2D eigenvalue weighted by atomic mass is 79.9. The summed E-state index contributed by atoms with van der Waals surface area (Å²) in [6.45, 7) is 5.29. The molecular weight excluding hydrogens is 276 g/mol. The topological polar surface area (TPSA) is 29.3 Å². The van der Waals surface area contributed by atoms with Gasteiger partial charge in [-0.1, -0.05) is 22.0 Å². The summed E-state index contributed by atoms with van der Waals surface area (Å²) < 4.78 is 1.21. The first-order valence-electron chi connectivity index (χ1n) is 6.42. The minimum absolute atomic E-state index is 0.834. The number of nitrogens with two attached hydrogens (primary N) is 1. The van der Waals surface area contributed by atoms with Crippen LogP contribution in [0.15, 0.2) is 22.7 Å². The lowest BCUT2D eigenvalue weighted by Gasteiger charge is -2.33. The molecule has 1 heterocycles. The summed E-state index contributed by atoms with van der Waals surface area (Å²) in [6, 6.07) is 6.65. The number of anilines is 1. The first-order valence-corrected chi connectivity index (χ1v) is 7.21. The van der Waals surface area contributed by atoms with Gasteiger partial charge in [0.2, 0.25) is 0 Å². The van der Waals surface area contributed by atoms with E-state index in [1.54, 1.807) is 0 Å². The normalized spacial score (nSPS) is 17.5. The van der Waals surface area contributed by atoms with Crippen LogP contribution in [-0.4, -0.2) is 19.6 Å². The third kappa shape index (κ3) is 3.23. The number of aryl methyl sites for hydroxylation is 1. The maximum atomic E-state index is 5.62. The smallest absolute Gasteiger partial charge is 0.0377 e. The van der Waals surface area contributed by atoms with Gasteiger partial charge in [-0.05, 0) is 56.3 Å². The van der Waals surface area contributed by atoms with E-state index in [1.165, 1.54) is 48.1 Å². The standard InChI is InChI=1S/C14H21BrN2/c1-11-2-3-13(10-14(11)15)17-8-5-12(4-7-16)6-9-17/h2-3,10,12H,4-9,16H2,1H3. The summed E-state index contributed by atoms with van der Waals surface area (Å²) in [4.78, 5) is 2.48. The second-order valence-electron chi connectivity index (χ2n) is 4.94. The minimum Gasteiger partial charge on any atom is -0.371 e. The average molecular weight is 297 g/mol. The molecule has 94 valence electrons. The molecule has 0 aromatic heterocycles. The van der Waals surface area contributed by atoms with Gasteiger partial charge in [-0.25, -0.2) is 0 Å². The van der Waals surface area contributed by atoms with E-state index in [0.717, 1.165) is 12.5 Å². The number of halogens is 1. The van der Waals surface area contributed by atoms with Gasteiger partial charge in [-0.3, -0.25) is 0 Å². The van der Waals surface area contributed by atoms with Crippen molar-refractivity contribution < 1.29 is 0 Å². The summed E-state index contributed by atoms with van der Waals surface area (Å²) in [5.74, 6) is 0.838. The minimum atomic E-state index is 0.834. The maximum absolute atomic E-state index is 5.62. The first kappa shape index (κ1) is 12.9. The highest BCUT2D eigenvalue weighted by Crippen LogP contribution is 2.28. The second kappa shape index (κ2) is 5.87. The zero-order chi connectivity index (χ0) is 12.3. The number of piperidine rings is 1. The van der Waals surface area contributed by atoms with Crippen LogP contribution < -0.4 is 10.6 Å². The van der Waals surface area contributed by atoms with E-state index in [1.807, 2.05) is 0 Å². The van der Waals surface area contributed by atoms with Gasteiger partial charge in [0.05, 0.1) is 0 Å². The molecule has 0 radical (unpaired) electrons. The molecule has 0 saturated carbocycles. The molecule has 2 nitrogen and oxygen atoms in total. The lowest BCUT2D eigenvalue weighted by molar-refractivity contribution is 0.386. The lowest BCUT2D eigenvalue weighted by atomic mass is 9.93. The zero-order valence-corrected chi connectivity index (χ0v) is 12.0. The summed E-state index contributed by atoms with van der Waals surface area (Å²) in [5.41, 5.74) is 8.26. The highest BCUT2D eigenvalue weighted by molar-refractivity contribution is 9.10. The molecule has 0 amide bonds. The Kier molecular flexibility index (Phi) is 4.46. The van der Waals surface area contributed by atoms with E-state index in [2.05, 4.69) is 46.0 Å². The van der Waals surface area contributed by atoms with E-state index in [-0.39, 0.29) is 0 Å². The monoisotopic (exact) mass is 296 g/mol. The average Bonchev–Trinajstić information content (AvgIpc) is 2.34. The first-order chi connectivity index (χ1) is 8.20. The van der Waals surface area contributed by atoms with Crippen LogP contribution in [0.5, 0.6) is 0 Å². The molecule has 2 N–H and O–H groups in total. The third-order valence-electron chi connectivity index (χ3n) is 3.71. The Morgan fingerprint density at radius 3 is 2.65 bits per heavy atom. The van der Waals surface area contributed by atoms with Crippen LogP contribution in [0.3, 0.4) is 0 Å². The van der Waals surface area contributed by atoms with Crippen molar-refractivity contribution in [3.05, 3.63) is 28.2 Å². The Balaban J connectivity index is 1.98. The molecular formula is C14H21BrN2. The predicted octanol–water partition coefficient (Wildman–Crippen LogP) is 3.32. The molecule has 2 rings (SSSR count). The Morgan fingerprint density at radius 2 is 2.06 bits per heavy atom. The molecule has 0 atom stereocenters. The van der Waals surface area contributed by atoms with Gasteiger partial charge in [0.1, 0.15) is 0 Å². The van der Waals surface area contributed by atoms with Crippen molar-refractivity contribution in [2.45, 2.75) is 26.2 Å². The van der Waals surface area contributed by atoms with Gasteiger partial charge in [0, 0.05) is 23.2 Å². The van der Waals surface area contributed by atoms with Crippen LogP contribution >= 0.6 is 15.9 Å². The number of nitrogens with zero attached hydrogens (tertiary/aromatic N) is 1. The fourth-order valence-corrected chi connectivity index (χ4v) is 2.86. The maximum Gasteiger partial charge on any atom is 0.0377 e. The van der Waals surface area contributed by atoms with Crippen LogP contribution in [0.4, 0.5) is 5.69 Å². The van der Waals surface area contributed by atoms with E-state index in [4.69, 9.17) is 5.73 Å². The summed E-state index contributed by atoms with van der Waals surface area (Å²) in [7, 11) is 0. The Bertz CT molecular complexity index is 370. The molecule has 3 heteroatoms. The van der Waals surface area contributed by atoms with E-state index < -0.39 is 0 Å². The molecule has 0 spiro atoms. The van der Waals surface area contributed by atoms with Crippen LogP contribution in [0, 0.1) is 12.8 Å². The summed E-state index contributed by atoms with van der Waals surface area (Å²) >= 11 is 3.61. The number of hydrogen-bond acceptors (Lipinski definition) is 2. The molecule has 0 aliphatic carbocycles. The van der Waals surface area contributed by atoms with E-state index in [0.29, 0.717) is 0 Å². The number of benzene rings is 1. The molecule has 1 saturated heterocycles. The van der Waals surface area contributed by atoms with E-state index in [9.17, 15) is 0 Å². The fourth-order valence-electron chi connectivity index (χ4n) is 2.49. The quantitative estimate of drug-likeness (QED) is 0.927. The number of hydrogen-bond donors (Lipinski definition) is 1. The molecule has 1 aromatic carbocycles. The molecule has 1 aliphatic heterocycles. The van der Waals surface area contributed by atoms with Crippen molar-refractivity contribution in [2.75, 3.05) is 24.5 Å². The van der Waals surface area contributed by atoms with Crippen LogP contribution in [0.25, 0.3) is 0 Å². The number of rotatable bonds is 3. The highest BCUT2D eigenvalue weighted by Gasteiger charge is 2.18. The van der Waals surface area contributed by atoms with Crippen molar-refractivity contribution in [3.8, 4) is 0 Å². The Hall–Kier alpha value is -0.540. The molecule has 17 heavy (non-hydrogen) atoms. The van der Waals surface area contributed by atoms with Gasteiger partial charge < -0.3 is 10.6 Å². The Labute approximate surface area is 112 Å². The van der Waals surface area contributed by atoms with E-state index >= 15 is 0 Å². The summed E-state index contributed by atoms with van der Waals surface area (Å²) in [5, 5.41) is 0. The second-order valence-corrected chi connectivity index (χ2v) is 5.80. The van der Waals surface area contributed by atoms with Crippen LogP contribution in [-0.2, 0) is 0 Å². The Morgan fingerprint density at radius 1 is 1.35 bits per heavy atom. The molecule has 1 aromatic rings. The van der Waals surface area contributed by atoms with Gasteiger partial charge in [0.25, 0.3) is 0 Å². The SMILES string of the molecule is Cc1ccc(N2CCC(CCN)CC2)cc1Br. The van der Waals surface area contributed by atoms with Crippen molar-refractivity contribution in [3.63, 3.8) is 0 Å². The lowest BCUT2D eigenvalue weighted by Crippen LogP contribution is -2.34. The zero-order valence-electron chi connectivity index (χ0n) is 10.5. The van der Waals surface area contributed by atoms with Crippen molar-refractivity contribution in [1.82, 2.24) is 0 Å². The van der Waals surface area contributed by atoms with Crippen LogP contribution in [0.1, 0.15) is 24.8 Å². The van der Waals surface area contributed by atoms with Gasteiger partial charge in [-0.2, -0.15) is 0 Å². The molecule has 0 unspecified atom stereocenters. The summed E-state index contributed by atoms with van der Waals surface area (Å²) in [6.07, 6.45) is 3.75. The van der Waals surface area contributed by atoms with Crippen molar-refractivity contribution in [1.29, 1.82) is 0 Å². The van der Waals surface area contributed by atoms with Gasteiger partial charge in [-0.15, -0.1) is 0 Å². The molecule has 1 aliphatic rings. The van der Waals surface area contributed by atoms with Crippen molar-refractivity contribution in [2.24, 2.45) is 11.7 Å². The largest absolute Gasteiger partial charge is 0.371 e. The van der Waals surface area contributed by atoms with Gasteiger partial charge in [0.15, 0.2) is 0 Å². The fraction of sp³-hybridized carbons (Fsp3) is 0.571. The third-order valence-corrected chi connectivity index (χ3v) is 4.56. The molecule has 1 fully saturated rings. The van der Waals surface area contributed by atoms with Crippen molar-refractivity contribution >= 4 is 21.6 Å². The van der Waals surface area contributed by atoms with Crippen LogP contribution in [0.2, 0.25) is 0 Å². The predicted molar refractivity (Wildman–Crippen MR) is 77.5 cm³/mol.